The molecule has 4 N–H and O–H groups in total. The number of hydrogen-bond donors (Lipinski definition) is 2. The Bertz CT molecular complexity index is 854. The second-order valence-electron chi connectivity index (χ2n) is 5.46. The molecule has 0 saturated carbocycles. The van der Waals surface area contributed by atoms with Crippen LogP contribution in [0.1, 0.15) is 23.6 Å². The van der Waals surface area contributed by atoms with E-state index < -0.39 is 5.54 Å². The zero-order chi connectivity index (χ0) is 16.6. The number of nitrogens with two attached hydrogens (primary N) is 2. The minimum atomic E-state index is -1.14. The van der Waals surface area contributed by atoms with Gasteiger partial charge in [-0.3, -0.25) is 0 Å². The molecular weight excluding hydrogens is 354 g/mol. The van der Waals surface area contributed by atoms with Gasteiger partial charge in [-0.25, -0.2) is 0 Å². The standard InChI is InChI=1S/C18H16BrN3O/c1-2-11-6-7-14-16(8-11)23-17(21)15(10-20)18(14,22)12-4-3-5-13(19)9-12/h3-9H,2,21-22H2,1H3. The van der Waals surface area contributed by atoms with Gasteiger partial charge in [0.2, 0.25) is 5.88 Å². The van der Waals surface area contributed by atoms with Gasteiger partial charge in [-0.05, 0) is 35.7 Å². The molecule has 2 aromatic rings. The molecule has 1 aliphatic heterocycles. The van der Waals surface area contributed by atoms with Gasteiger partial charge in [0.1, 0.15) is 22.9 Å². The molecule has 2 aromatic carbocycles. The summed E-state index contributed by atoms with van der Waals surface area (Å²) >= 11 is 3.46. The minimum Gasteiger partial charge on any atom is -0.440 e. The Morgan fingerprint density at radius 2 is 2.04 bits per heavy atom. The summed E-state index contributed by atoms with van der Waals surface area (Å²) < 4.78 is 6.55. The molecular formula is C18H16BrN3O. The largest absolute Gasteiger partial charge is 0.440 e. The third-order valence-electron chi connectivity index (χ3n) is 4.13. The number of ether oxygens (including phenoxy) is 1. The number of nitriles is 1. The lowest BCUT2D eigenvalue weighted by molar-refractivity contribution is 0.370. The average molecular weight is 370 g/mol. The topological polar surface area (TPSA) is 85.1 Å². The van der Waals surface area contributed by atoms with Crippen LogP contribution in [-0.4, -0.2) is 0 Å². The van der Waals surface area contributed by atoms with Crippen LogP contribution in [0.15, 0.2) is 58.4 Å². The van der Waals surface area contributed by atoms with Crippen LogP contribution in [0.4, 0.5) is 0 Å². The lowest BCUT2D eigenvalue weighted by Crippen LogP contribution is -2.44. The van der Waals surface area contributed by atoms with Crippen molar-refractivity contribution in [3.63, 3.8) is 0 Å². The van der Waals surface area contributed by atoms with Crippen molar-refractivity contribution >= 4 is 15.9 Å². The Morgan fingerprint density at radius 3 is 2.70 bits per heavy atom. The highest BCUT2D eigenvalue weighted by Gasteiger charge is 2.42. The van der Waals surface area contributed by atoms with Crippen LogP contribution in [0, 0.1) is 11.3 Å². The summed E-state index contributed by atoms with van der Waals surface area (Å²) in [6, 6.07) is 15.5. The number of benzene rings is 2. The zero-order valence-electron chi connectivity index (χ0n) is 12.6. The van der Waals surface area contributed by atoms with Crippen LogP contribution in [-0.2, 0) is 12.0 Å². The summed E-state index contributed by atoms with van der Waals surface area (Å²) in [5, 5.41) is 9.59. The van der Waals surface area contributed by atoms with E-state index in [9.17, 15) is 5.26 Å². The SMILES string of the molecule is CCc1ccc2c(c1)OC(N)=C(C#N)C2(N)c1cccc(Br)c1. The van der Waals surface area contributed by atoms with Crippen molar-refractivity contribution in [1.29, 1.82) is 5.26 Å². The van der Waals surface area contributed by atoms with Gasteiger partial charge in [0, 0.05) is 10.0 Å². The maximum Gasteiger partial charge on any atom is 0.207 e. The molecule has 0 radical (unpaired) electrons. The molecule has 1 heterocycles. The molecule has 4 nitrogen and oxygen atoms in total. The third-order valence-corrected chi connectivity index (χ3v) is 4.62. The van der Waals surface area contributed by atoms with E-state index in [0.29, 0.717) is 5.75 Å². The molecule has 0 fully saturated rings. The third kappa shape index (κ3) is 2.40. The fourth-order valence-electron chi connectivity index (χ4n) is 2.87. The van der Waals surface area contributed by atoms with Crippen LogP contribution in [0.2, 0.25) is 0 Å². The summed E-state index contributed by atoms with van der Waals surface area (Å²) in [6.07, 6.45) is 0.875. The van der Waals surface area contributed by atoms with E-state index in [0.717, 1.165) is 27.6 Å². The highest BCUT2D eigenvalue weighted by molar-refractivity contribution is 9.10. The predicted octanol–water partition coefficient (Wildman–Crippen LogP) is 3.30. The maximum atomic E-state index is 9.59. The molecule has 1 atom stereocenters. The molecule has 0 spiro atoms. The first-order valence-corrected chi connectivity index (χ1v) is 8.06. The van der Waals surface area contributed by atoms with E-state index in [1.54, 1.807) is 0 Å². The Morgan fingerprint density at radius 1 is 1.26 bits per heavy atom. The van der Waals surface area contributed by atoms with E-state index in [2.05, 4.69) is 28.9 Å². The minimum absolute atomic E-state index is 0.0516. The summed E-state index contributed by atoms with van der Waals surface area (Å²) in [6.45, 7) is 2.06. The molecule has 0 bridgehead atoms. The van der Waals surface area contributed by atoms with Gasteiger partial charge in [-0.15, -0.1) is 0 Å². The van der Waals surface area contributed by atoms with Gasteiger partial charge < -0.3 is 16.2 Å². The van der Waals surface area contributed by atoms with Gasteiger partial charge in [0.15, 0.2) is 0 Å². The first-order chi connectivity index (χ1) is 11.0. The molecule has 0 aliphatic carbocycles. The predicted molar refractivity (Wildman–Crippen MR) is 92.4 cm³/mol. The average Bonchev–Trinajstić information content (AvgIpc) is 2.54. The molecule has 3 rings (SSSR count). The molecule has 1 aliphatic rings. The number of nitrogens with zero attached hydrogens (tertiary/aromatic N) is 1. The van der Waals surface area contributed by atoms with Crippen LogP contribution in [0.3, 0.4) is 0 Å². The Balaban J connectivity index is 2.31. The van der Waals surface area contributed by atoms with E-state index in [4.69, 9.17) is 16.2 Å². The van der Waals surface area contributed by atoms with Crippen molar-refractivity contribution in [2.24, 2.45) is 11.5 Å². The second-order valence-corrected chi connectivity index (χ2v) is 6.37. The van der Waals surface area contributed by atoms with Crippen molar-refractivity contribution in [3.05, 3.63) is 75.1 Å². The van der Waals surface area contributed by atoms with E-state index in [1.165, 1.54) is 0 Å². The van der Waals surface area contributed by atoms with Crippen molar-refractivity contribution in [2.45, 2.75) is 18.9 Å². The number of rotatable bonds is 2. The van der Waals surface area contributed by atoms with E-state index in [1.807, 2.05) is 42.5 Å². The van der Waals surface area contributed by atoms with Gasteiger partial charge in [0.05, 0.1) is 0 Å². The Kier molecular flexibility index (Phi) is 3.88. The van der Waals surface area contributed by atoms with Crippen LogP contribution < -0.4 is 16.2 Å². The highest BCUT2D eigenvalue weighted by atomic mass is 79.9. The van der Waals surface area contributed by atoms with Crippen LogP contribution in [0.5, 0.6) is 5.75 Å². The van der Waals surface area contributed by atoms with E-state index >= 15 is 0 Å². The molecule has 1 unspecified atom stereocenters. The lowest BCUT2D eigenvalue weighted by atomic mass is 9.76. The molecule has 116 valence electrons. The number of hydrogen-bond acceptors (Lipinski definition) is 4. The normalized spacial score (nSPS) is 19.7. The number of aryl methyl sites for hydroxylation is 1. The molecule has 5 heteroatoms. The Hall–Kier alpha value is -2.29. The van der Waals surface area contributed by atoms with Gasteiger partial charge in [-0.1, -0.05) is 47.1 Å². The smallest absolute Gasteiger partial charge is 0.207 e. The highest BCUT2D eigenvalue weighted by Crippen LogP contribution is 2.44. The molecule has 0 amide bonds. The lowest BCUT2D eigenvalue weighted by Gasteiger charge is -2.36. The molecule has 0 saturated heterocycles. The Labute approximate surface area is 143 Å². The van der Waals surface area contributed by atoms with Crippen LogP contribution in [0.25, 0.3) is 0 Å². The van der Waals surface area contributed by atoms with Gasteiger partial charge in [-0.2, -0.15) is 5.26 Å². The van der Waals surface area contributed by atoms with E-state index in [-0.39, 0.29) is 11.5 Å². The quantitative estimate of drug-likeness (QED) is 0.850. The fraction of sp³-hybridized carbons (Fsp3) is 0.167. The fourth-order valence-corrected chi connectivity index (χ4v) is 3.27. The first-order valence-electron chi connectivity index (χ1n) is 7.27. The van der Waals surface area contributed by atoms with Crippen molar-refractivity contribution in [1.82, 2.24) is 0 Å². The molecule has 23 heavy (non-hydrogen) atoms. The summed E-state index contributed by atoms with van der Waals surface area (Å²) in [7, 11) is 0. The summed E-state index contributed by atoms with van der Waals surface area (Å²) in [4.78, 5) is 0. The van der Waals surface area contributed by atoms with Gasteiger partial charge >= 0.3 is 0 Å². The zero-order valence-corrected chi connectivity index (χ0v) is 14.2. The van der Waals surface area contributed by atoms with Crippen LogP contribution >= 0.6 is 15.9 Å². The van der Waals surface area contributed by atoms with Crippen molar-refractivity contribution < 1.29 is 4.74 Å². The maximum absolute atomic E-state index is 9.59. The van der Waals surface area contributed by atoms with Crippen molar-refractivity contribution in [2.75, 3.05) is 0 Å². The number of fused-ring (bicyclic) bond motifs is 1. The molecule has 0 aromatic heterocycles. The monoisotopic (exact) mass is 369 g/mol. The summed E-state index contributed by atoms with van der Waals surface area (Å²) in [5.41, 5.74) is 14.4. The second kappa shape index (κ2) is 5.73. The summed E-state index contributed by atoms with van der Waals surface area (Å²) in [5.74, 6) is 0.652. The van der Waals surface area contributed by atoms with Crippen molar-refractivity contribution in [3.8, 4) is 11.8 Å². The first kappa shape index (κ1) is 15.6. The van der Waals surface area contributed by atoms with Gasteiger partial charge in [0.25, 0.3) is 0 Å². The number of halogens is 1.